The number of aromatic nitrogens is 2. The predicted octanol–water partition coefficient (Wildman–Crippen LogP) is 0.812. The van der Waals surface area contributed by atoms with Crippen LogP contribution < -0.4 is 15.2 Å². The number of ether oxygens (including phenoxy) is 1. The van der Waals surface area contributed by atoms with Gasteiger partial charge in [-0.1, -0.05) is 0 Å². The molecule has 2 aromatic rings. The van der Waals surface area contributed by atoms with Crippen LogP contribution in [0.4, 0.5) is 11.5 Å². The summed E-state index contributed by atoms with van der Waals surface area (Å²) < 4.78 is 33.4. The number of hydrogen-bond acceptors (Lipinski definition) is 5. The van der Waals surface area contributed by atoms with Gasteiger partial charge in [-0.3, -0.25) is 9.40 Å². The fourth-order valence-corrected chi connectivity index (χ4v) is 2.77. The molecule has 19 heavy (non-hydrogen) atoms. The van der Waals surface area contributed by atoms with Crippen molar-refractivity contribution < 1.29 is 13.2 Å². The van der Waals surface area contributed by atoms with Crippen molar-refractivity contribution in [3.8, 4) is 5.75 Å². The van der Waals surface area contributed by atoms with Gasteiger partial charge in [-0.2, -0.15) is 5.10 Å². The number of rotatable bonds is 4. The first kappa shape index (κ1) is 13.2. The minimum atomic E-state index is -3.80. The Kier molecular flexibility index (Phi) is 3.34. The molecule has 3 N–H and O–H groups in total. The molecule has 0 spiro atoms. The molecule has 2 rings (SSSR count). The molecule has 1 aromatic heterocycles. The highest BCUT2D eigenvalue weighted by Crippen LogP contribution is 2.27. The molecule has 1 heterocycles. The van der Waals surface area contributed by atoms with E-state index in [0.717, 1.165) is 0 Å². The zero-order valence-electron chi connectivity index (χ0n) is 10.5. The molecule has 0 aliphatic rings. The third kappa shape index (κ3) is 2.79. The fraction of sp³-hybridized carbons (Fsp3) is 0.182. The van der Waals surface area contributed by atoms with Gasteiger partial charge in [-0.15, -0.1) is 0 Å². The summed E-state index contributed by atoms with van der Waals surface area (Å²) in [6.07, 6.45) is 1.63. The number of methoxy groups -OCH3 is 1. The third-order valence-electron chi connectivity index (χ3n) is 2.43. The van der Waals surface area contributed by atoms with Gasteiger partial charge >= 0.3 is 0 Å². The lowest BCUT2D eigenvalue weighted by molar-refractivity contribution is 0.403. The largest absolute Gasteiger partial charge is 0.495 e. The predicted molar refractivity (Wildman–Crippen MR) is 71.4 cm³/mol. The van der Waals surface area contributed by atoms with E-state index in [2.05, 4.69) is 9.82 Å². The van der Waals surface area contributed by atoms with Crippen molar-refractivity contribution in [3.05, 3.63) is 30.5 Å². The van der Waals surface area contributed by atoms with E-state index in [1.54, 1.807) is 25.4 Å². The van der Waals surface area contributed by atoms with Gasteiger partial charge in [-0.05, 0) is 18.2 Å². The maximum atomic E-state index is 12.2. The van der Waals surface area contributed by atoms with Crippen LogP contribution in [0, 0.1) is 0 Å². The van der Waals surface area contributed by atoms with Crippen molar-refractivity contribution in [2.24, 2.45) is 7.05 Å². The summed E-state index contributed by atoms with van der Waals surface area (Å²) in [6.45, 7) is 0. The van der Waals surface area contributed by atoms with Gasteiger partial charge in [0.2, 0.25) is 0 Å². The second kappa shape index (κ2) is 4.81. The van der Waals surface area contributed by atoms with Crippen LogP contribution >= 0.6 is 0 Å². The summed E-state index contributed by atoms with van der Waals surface area (Å²) in [5, 5.41) is 3.95. The maximum absolute atomic E-state index is 12.2. The van der Waals surface area contributed by atoms with E-state index in [1.165, 1.54) is 23.9 Å². The second-order valence-corrected chi connectivity index (χ2v) is 5.54. The monoisotopic (exact) mass is 282 g/mol. The van der Waals surface area contributed by atoms with Crippen molar-refractivity contribution in [3.63, 3.8) is 0 Å². The first-order valence-corrected chi connectivity index (χ1v) is 6.86. The van der Waals surface area contributed by atoms with Gasteiger partial charge in [0.25, 0.3) is 10.0 Å². The number of nitrogens with zero attached hydrogens (tertiary/aromatic N) is 2. The number of benzene rings is 1. The zero-order valence-corrected chi connectivity index (χ0v) is 11.3. The van der Waals surface area contributed by atoms with E-state index in [4.69, 9.17) is 10.5 Å². The molecule has 0 atom stereocenters. The van der Waals surface area contributed by atoms with Crippen LogP contribution in [0.3, 0.4) is 0 Å². The molecule has 0 aliphatic carbocycles. The minimum absolute atomic E-state index is 0.0272. The molecule has 8 heteroatoms. The second-order valence-electron chi connectivity index (χ2n) is 3.89. The van der Waals surface area contributed by atoms with Gasteiger partial charge in [0.1, 0.15) is 10.6 Å². The zero-order chi connectivity index (χ0) is 14.0. The Morgan fingerprint density at radius 3 is 2.68 bits per heavy atom. The summed E-state index contributed by atoms with van der Waals surface area (Å²) >= 11 is 0. The normalized spacial score (nSPS) is 11.3. The van der Waals surface area contributed by atoms with Crippen LogP contribution in [0.15, 0.2) is 35.4 Å². The smallest absolute Gasteiger partial charge is 0.266 e. The molecule has 0 bridgehead atoms. The van der Waals surface area contributed by atoms with E-state index >= 15 is 0 Å². The van der Waals surface area contributed by atoms with E-state index < -0.39 is 10.0 Å². The lowest BCUT2D eigenvalue weighted by Gasteiger charge is -2.10. The number of nitrogens with one attached hydrogen (secondary N) is 1. The molecular formula is C11H14N4O3S. The summed E-state index contributed by atoms with van der Waals surface area (Å²) in [5.74, 6) is 0.449. The fourth-order valence-electron chi connectivity index (χ4n) is 1.57. The summed E-state index contributed by atoms with van der Waals surface area (Å²) in [4.78, 5) is -0.0272. The van der Waals surface area contributed by atoms with Crippen LogP contribution in [0.2, 0.25) is 0 Å². The van der Waals surface area contributed by atoms with Crippen LogP contribution in [0.25, 0.3) is 0 Å². The number of sulfonamides is 1. The van der Waals surface area contributed by atoms with Crippen molar-refractivity contribution in [1.82, 2.24) is 9.78 Å². The molecular weight excluding hydrogens is 268 g/mol. The molecule has 7 nitrogen and oxygen atoms in total. The van der Waals surface area contributed by atoms with Crippen LogP contribution in [-0.4, -0.2) is 25.3 Å². The molecule has 0 aliphatic heterocycles. The first-order valence-electron chi connectivity index (χ1n) is 5.38. The summed E-state index contributed by atoms with van der Waals surface area (Å²) in [7, 11) is -0.709. The van der Waals surface area contributed by atoms with Crippen molar-refractivity contribution >= 4 is 21.5 Å². The molecule has 0 radical (unpaired) electrons. The van der Waals surface area contributed by atoms with Gasteiger partial charge in [0.15, 0.2) is 5.82 Å². The molecule has 0 unspecified atom stereocenters. The Morgan fingerprint density at radius 1 is 1.37 bits per heavy atom. The number of nitrogens with two attached hydrogens (primary N) is 1. The average molecular weight is 282 g/mol. The Hall–Kier alpha value is -2.22. The highest BCUT2D eigenvalue weighted by molar-refractivity contribution is 7.92. The van der Waals surface area contributed by atoms with Crippen molar-refractivity contribution in [1.29, 1.82) is 0 Å². The number of hydrogen-bond donors (Lipinski definition) is 2. The maximum Gasteiger partial charge on any atom is 0.266 e. The number of anilines is 2. The molecule has 0 saturated heterocycles. The quantitative estimate of drug-likeness (QED) is 0.808. The van der Waals surface area contributed by atoms with E-state index in [9.17, 15) is 8.42 Å². The SMILES string of the molecule is COc1ccc(N)cc1S(=O)(=O)Nc1ccn(C)n1. The molecule has 102 valence electrons. The molecule has 0 fully saturated rings. The van der Waals surface area contributed by atoms with E-state index in [-0.39, 0.29) is 16.5 Å². The number of aryl methyl sites for hydroxylation is 1. The van der Waals surface area contributed by atoms with Gasteiger partial charge < -0.3 is 10.5 Å². The first-order chi connectivity index (χ1) is 8.92. The Bertz CT molecular complexity index is 694. The van der Waals surface area contributed by atoms with Crippen LogP contribution in [0.5, 0.6) is 5.75 Å². The molecule has 0 amide bonds. The molecule has 0 saturated carbocycles. The van der Waals surface area contributed by atoms with Crippen LogP contribution in [0.1, 0.15) is 0 Å². The van der Waals surface area contributed by atoms with Gasteiger partial charge in [-0.25, -0.2) is 8.42 Å². The average Bonchev–Trinajstić information content (AvgIpc) is 2.74. The Balaban J connectivity index is 2.41. The Morgan fingerprint density at radius 2 is 2.11 bits per heavy atom. The van der Waals surface area contributed by atoms with Gasteiger partial charge in [0, 0.05) is 25.0 Å². The van der Waals surface area contributed by atoms with E-state index in [1.807, 2.05) is 0 Å². The van der Waals surface area contributed by atoms with Crippen LogP contribution in [-0.2, 0) is 17.1 Å². The topological polar surface area (TPSA) is 99.2 Å². The summed E-state index contributed by atoms with van der Waals surface area (Å²) in [5.41, 5.74) is 5.94. The van der Waals surface area contributed by atoms with Crippen molar-refractivity contribution in [2.75, 3.05) is 17.6 Å². The lowest BCUT2D eigenvalue weighted by atomic mass is 10.3. The van der Waals surface area contributed by atoms with Crippen molar-refractivity contribution in [2.45, 2.75) is 4.90 Å². The van der Waals surface area contributed by atoms with E-state index in [0.29, 0.717) is 5.69 Å². The lowest BCUT2D eigenvalue weighted by Crippen LogP contribution is -2.15. The number of nitrogen functional groups attached to an aromatic ring is 1. The highest BCUT2D eigenvalue weighted by atomic mass is 32.2. The van der Waals surface area contributed by atoms with Gasteiger partial charge in [0.05, 0.1) is 7.11 Å². The minimum Gasteiger partial charge on any atom is -0.495 e. The standard InChI is InChI=1S/C11H14N4O3S/c1-15-6-5-11(13-15)14-19(16,17)10-7-8(12)3-4-9(10)18-2/h3-7H,12H2,1-2H3,(H,13,14). The Labute approximate surface area is 111 Å². The summed E-state index contributed by atoms with van der Waals surface area (Å²) in [6, 6.07) is 5.96. The molecule has 1 aromatic carbocycles. The third-order valence-corrected chi connectivity index (χ3v) is 3.81. The highest BCUT2D eigenvalue weighted by Gasteiger charge is 2.20.